The summed E-state index contributed by atoms with van der Waals surface area (Å²) in [5.41, 5.74) is -0.709. The van der Waals surface area contributed by atoms with E-state index in [9.17, 15) is 25.2 Å². The SMILES string of the molecule is C[C@H]1[C@H](C)CC[C@]2(C(=O)O)CC[C@]3(C)C(=CC[C@@H]4[C@@]5(C)CC[C@H](O)[C@](C)(CO)[C@@H]5C[C@H](O)[C@]43C)[C@H]12. The fourth-order valence-corrected chi connectivity index (χ4v) is 10.8. The van der Waals surface area contributed by atoms with Crippen molar-refractivity contribution in [3.63, 3.8) is 0 Å². The van der Waals surface area contributed by atoms with E-state index in [0.29, 0.717) is 31.1 Å². The summed E-state index contributed by atoms with van der Waals surface area (Å²) in [4.78, 5) is 12.8. The monoisotopic (exact) mass is 488 g/mol. The van der Waals surface area contributed by atoms with Crippen molar-refractivity contribution < 1.29 is 25.2 Å². The topological polar surface area (TPSA) is 98.0 Å². The van der Waals surface area contributed by atoms with Gasteiger partial charge in [0.05, 0.1) is 24.2 Å². The van der Waals surface area contributed by atoms with Gasteiger partial charge in [-0.25, -0.2) is 0 Å². The molecule has 4 N–H and O–H groups in total. The minimum Gasteiger partial charge on any atom is -0.481 e. The maximum atomic E-state index is 12.8. The van der Waals surface area contributed by atoms with Gasteiger partial charge in [0.25, 0.3) is 0 Å². The molecule has 4 saturated carbocycles. The van der Waals surface area contributed by atoms with Gasteiger partial charge in [0.2, 0.25) is 0 Å². The van der Waals surface area contributed by atoms with E-state index in [-0.39, 0.29) is 40.6 Å². The molecule has 5 nitrogen and oxygen atoms in total. The van der Waals surface area contributed by atoms with Gasteiger partial charge in [0, 0.05) is 10.8 Å². The van der Waals surface area contributed by atoms with Crippen LogP contribution in [0.4, 0.5) is 0 Å². The number of carbonyl (C=O) groups is 1. The summed E-state index contributed by atoms with van der Waals surface area (Å²) in [7, 11) is 0. The molecule has 5 heteroatoms. The fourth-order valence-electron chi connectivity index (χ4n) is 10.8. The van der Waals surface area contributed by atoms with Gasteiger partial charge in [-0.15, -0.1) is 0 Å². The number of fused-ring (bicyclic) bond motifs is 7. The van der Waals surface area contributed by atoms with Crippen molar-refractivity contribution in [1.82, 2.24) is 0 Å². The standard InChI is InChI=1S/C30H48O5/c1-17-9-12-30(25(34)35)14-13-28(5)19(24(30)18(17)2)7-8-20-26(3)11-10-22(32)27(4,16-31)21(26)15-23(33)29(20,28)6/h7,17-18,20-24,31-33H,8-16H2,1-6H3,(H,34,35)/t17-,18+,20-,21-,22+,23+,24+,26-,27-,28-,29+,30+/m1/s1. The van der Waals surface area contributed by atoms with Gasteiger partial charge in [-0.3, -0.25) is 4.79 Å². The van der Waals surface area contributed by atoms with Crippen molar-refractivity contribution in [2.75, 3.05) is 6.61 Å². The molecule has 0 aromatic rings. The van der Waals surface area contributed by atoms with Crippen molar-refractivity contribution in [1.29, 1.82) is 0 Å². The number of rotatable bonds is 2. The van der Waals surface area contributed by atoms with Gasteiger partial charge in [-0.2, -0.15) is 0 Å². The average molecular weight is 489 g/mol. The van der Waals surface area contributed by atoms with Crippen molar-refractivity contribution >= 4 is 5.97 Å². The molecule has 5 aliphatic rings. The Hall–Kier alpha value is -0.910. The molecule has 0 radical (unpaired) electrons. The summed E-state index contributed by atoms with van der Waals surface area (Å²) in [6.07, 6.45) is 7.51. The second-order valence-electron chi connectivity index (χ2n) is 14.4. The maximum absolute atomic E-state index is 12.8. The summed E-state index contributed by atoms with van der Waals surface area (Å²) in [5.74, 6) is 0.457. The van der Waals surface area contributed by atoms with Gasteiger partial charge in [-0.05, 0) is 91.8 Å². The Morgan fingerprint density at radius 2 is 1.66 bits per heavy atom. The average Bonchev–Trinajstić information content (AvgIpc) is 2.81. The quantitative estimate of drug-likeness (QED) is 0.409. The van der Waals surface area contributed by atoms with Gasteiger partial charge in [-0.1, -0.05) is 53.2 Å². The number of allylic oxidation sites excluding steroid dienone is 2. The third-order valence-electron chi connectivity index (χ3n) is 13.6. The first-order valence-electron chi connectivity index (χ1n) is 14.1. The maximum Gasteiger partial charge on any atom is 0.310 e. The minimum absolute atomic E-state index is 0.0221. The molecule has 5 aliphatic carbocycles. The van der Waals surface area contributed by atoms with Crippen LogP contribution in [0.15, 0.2) is 11.6 Å². The zero-order chi connectivity index (χ0) is 25.8. The molecule has 0 aromatic carbocycles. The number of aliphatic carboxylic acids is 1. The molecule has 0 unspecified atom stereocenters. The van der Waals surface area contributed by atoms with Crippen LogP contribution in [0, 0.1) is 56.7 Å². The molecule has 0 saturated heterocycles. The first kappa shape index (κ1) is 25.7. The number of hydrogen-bond acceptors (Lipinski definition) is 4. The van der Waals surface area contributed by atoms with Crippen molar-refractivity contribution in [3.8, 4) is 0 Å². The summed E-state index contributed by atoms with van der Waals surface area (Å²) in [6.45, 7) is 13.5. The molecule has 198 valence electrons. The summed E-state index contributed by atoms with van der Waals surface area (Å²) >= 11 is 0. The molecule has 0 spiro atoms. The molecule has 4 fully saturated rings. The highest BCUT2D eigenvalue weighted by molar-refractivity contribution is 5.76. The van der Waals surface area contributed by atoms with Crippen LogP contribution in [0.1, 0.15) is 92.9 Å². The smallest absolute Gasteiger partial charge is 0.310 e. The van der Waals surface area contributed by atoms with Gasteiger partial charge in [0.15, 0.2) is 0 Å². The van der Waals surface area contributed by atoms with E-state index < -0.39 is 29.0 Å². The molecule has 0 heterocycles. The zero-order valence-electron chi connectivity index (χ0n) is 22.7. The van der Waals surface area contributed by atoms with Crippen LogP contribution >= 0.6 is 0 Å². The van der Waals surface area contributed by atoms with E-state index in [1.807, 2.05) is 6.92 Å². The number of aliphatic hydroxyl groups is 3. The summed E-state index contributed by atoms with van der Waals surface area (Å²) in [5, 5.41) is 43.9. The van der Waals surface area contributed by atoms with Crippen LogP contribution in [0.2, 0.25) is 0 Å². The first-order chi connectivity index (χ1) is 16.2. The predicted octanol–water partition coefficient (Wildman–Crippen LogP) is 5.03. The Balaban J connectivity index is 1.65. The number of hydrogen-bond donors (Lipinski definition) is 4. The highest BCUT2D eigenvalue weighted by Crippen LogP contribution is 2.75. The molecule has 35 heavy (non-hydrogen) atoms. The van der Waals surface area contributed by atoms with Crippen LogP contribution in [-0.2, 0) is 4.79 Å². The Morgan fingerprint density at radius 3 is 2.29 bits per heavy atom. The molecule has 12 atom stereocenters. The molecule has 0 amide bonds. The van der Waals surface area contributed by atoms with E-state index >= 15 is 0 Å². The minimum atomic E-state index is -0.684. The lowest BCUT2D eigenvalue weighted by atomic mass is 9.32. The number of carboxylic acids is 1. The van der Waals surface area contributed by atoms with Gasteiger partial charge in [0.1, 0.15) is 0 Å². The van der Waals surface area contributed by atoms with Crippen molar-refractivity contribution in [3.05, 3.63) is 11.6 Å². The second-order valence-corrected chi connectivity index (χ2v) is 14.4. The van der Waals surface area contributed by atoms with Crippen molar-refractivity contribution in [2.45, 2.75) is 105 Å². The molecule has 5 rings (SSSR count). The third-order valence-corrected chi connectivity index (χ3v) is 13.6. The Labute approximate surface area is 211 Å². The Morgan fingerprint density at radius 1 is 0.971 bits per heavy atom. The molecular formula is C30H48O5. The van der Waals surface area contributed by atoms with E-state index in [2.05, 4.69) is 40.7 Å². The highest BCUT2D eigenvalue weighted by Gasteiger charge is 2.72. The highest BCUT2D eigenvalue weighted by atomic mass is 16.4. The Kier molecular flexibility index (Phi) is 5.73. The van der Waals surface area contributed by atoms with Gasteiger partial charge >= 0.3 is 5.97 Å². The van der Waals surface area contributed by atoms with E-state index in [1.54, 1.807) is 0 Å². The summed E-state index contributed by atoms with van der Waals surface area (Å²) in [6, 6.07) is 0. The van der Waals surface area contributed by atoms with E-state index in [0.717, 1.165) is 32.1 Å². The second kappa shape index (κ2) is 7.80. The summed E-state index contributed by atoms with van der Waals surface area (Å²) < 4.78 is 0. The number of carboxylic acid groups (broad SMARTS) is 1. The Bertz CT molecular complexity index is 930. The largest absolute Gasteiger partial charge is 0.481 e. The first-order valence-corrected chi connectivity index (χ1v) is 14.1. The molecule has 0 aromatic heterocycles. The van der Waals surface area contributed by atoms with Crippen LogP contribution in [0.25, 0.3) is 0 Å². The lowest BCUT2D eigenvalue weighted by Crippen LogP contribution is -2.70. The molecule has 0 aliphatic heterocycles. The number of aliphatic hydroxyl groups excluding tert-OH is 3. The normalized spacial score (nSPS) is 57.7. The lowest BCUT2D eigenvalue weighted by molar-refractivity contribution is -0.253. The molecule has 0 bridgehead atoms. The van der Waals surface area contributed by atoms with Crippen LogP contribution in [0.3, 0.4) is 0 Å². The predicted molar refractivity (Wildman–Crippen MR) is 135 cm³/mol. The molecular weight excluding hydrogens is 440 g/mol. The van der Waals surface area contributed by atoms with Gasteiger partial charge < -0.3 is 20.4 Å². The fraction of sp³-hybridized carbons (Fsp3) is 0.900. The van der Waals surface area contributed by atoms with Crippen molar-refractivity contribution in [2.24, 2.45) is 56.7 Å². The third kappa shape index (κ3) is 2.90. The van der Waals surface area contributed by atoms with Crippen LogP contribution < -0.4 is 0 Å². The zero-order valence-corrected chi connectivity index (χ0v) is 22.7. The van der Waals surface area contributed by atoms with Crippen LogP contribution in [-0.4, -0.2) is 45.2 Å². The van der Waals surface area contributed by atoms with E-state index in [1.165, 1.54) is 5.57 Å². The van der Waals surface area contributed by atoms with E-state index in [4.69, 9.17) is 0 Å². The van der Waals surface area contributed by atoms with Crippen LogP contribution in [0.5, 0.6) is 0 Å². The lowest BCUT2D eigenvalue weighted by Gasteiger charge is -2.72.